The highest BCUT2D eigenvalue weighted by Crippen LogP contribution is 2.13. The fourth-order valence-electron chi connectivity index (χ4n) is 2.76. The van der Waals surface area contributed by atoms with Crippen molar-refractivity contribution in [3.8, 4) is 0 Å². The number of pyridine rings is 2. The van der Waals surface area contributed by atoms with Crippen LogP contribution in [0.1, 0.15) is 16.7 Å². The molecule has 0 unspecified atom stereocenters. The zero-order valence-corrected chi connectivity index (χ0v) is 14.6. The van der Waals surface area contributed by atoms with E-state index in [9.17, 15) is 0 Å². The fraction of sp³-hybridized carbons (Fsp3) is 0.238. The highest BCUT2D eigenvalue weighted by atomic mass is 15.2. The molecule has 0 saturated carbocycles. The molecule has 0 spiro atoms. The number of hydrogen-bond acceptors (Lipinski definition) is 4. The van der Waals surface area contributed by atoms with Crippen molar-refractivity contribution >= 4 is 5.82 Å². The van der Waals surface area contributed by atoms with Gasteiger partial charge >= 0.3 is 0 Å². The molecule has 0 aliphatic rings. The lowest BCUT2D eigenvalue weighted by Crippen LogP contribution is -2.32. The molecule has 2 aromatic heterocycles. The van der Waals surface area contributed by atoms with Crippen LogP contribution >= 0.6 is 0 Å². The van der Waals surface area contributed by atoms with E-state index in [1.165, 1.54) is 16.7 Å². The molecule has 0 bridgehead atoms. The van der Waals surface area contributed by atoms with Crippen molar-refractivity contribution in [3.05, 3.63) is 89.9 Å². The Bertz CT molecular complexity index is 759. The lowest BCUT2D eigenvalue weighted by molar-refractivity contribution is 0.652. The van der Waals surface area contributed by atoms with Gasteiger partial charge in [0.1, 0.15) is 5.82 Å². The average Bonchev–Trinajstić information content (AvgIpc) is 2.67. The fourth-order valence-corrected chi connectivity index (χ4v) is 2.76. The minimum atomic E-state index is 0.855. The van der Waals surface area contributed by atoms with Gasteiger partial charge in [-0.25, -0.2) is 4.98 Å². The van der Waals surface area contributed by atoms with Crippen molar-refractivity contribution in [3.63, 3.8) is 0 Å². The Balaban J connectivity index is 1.59. The quantitative estimate of drug-likeness (QED) is 0.640. The first-order valence-electron chi connectivity index (χ1n) is 8.63. The Morgan fingerprint density at radius 1 is 0.960 bits per heavy atom. The van der Waals surface area contributed by atoms with E-state index >= 15 is 0 Å². The lowest BCUT2D eigenvalue weighted by atomic mass is 10.1. The summed E-state index contributed by atoms with van der Waals surface area (Å²) in [4.78, 5) is 11.0. The van der Waals surface area contributed by atoms with Crippen LogP contribution in [-0.4, -0.2) is 23.1 Å². The molecule has 0 saturated heterocycles. The topological polar surface area (TPSA) is 41.1 Å². The third-order valence-electron chi connectivity index (χ3n) is 4.20. The van der Waals surface area contributed by atoms with Crippen molar-refractivity contribution in [2.75, 3.05) is 18.0 Å². The van der Waals surface area contributed by atoms with Gasteiger partial charge in [0.2, 0.25) is 0 Å². The second-order valence-corrected chi connectivity index (χ2v) is 6.07. The second-order valence-electron chi connectivity index (χ2n) is 6.07. The summed E-state index contributed by atoms with van der Waals surface area (Å²) in [7, 11) is 0. The predicted octanol–water partition coefficient (Wildman–Crippen LogP) is 3.58. The van der Waals surface area contributed by atoms with Crippen LogP contribution in [0.25, 0.3) is 0 Å². The highest BCUT2D eigenvalue weighted by molar-refractivity contribution is 5.39. The van der Waals surface area contributed by atoms with Gasteiger partial charge in [-0.2, -0.15) is 0 Å². The maximum atomic E-state index is 4.52. The van der Waals surface area contributed by atoms with Gasteiger partial charge in [-0.1, -0.05) is 36.4 Å². The summed E-state index contributed by atoms with van der Waals surface area (Å²) in [6, 6.07) is 18.6. The van der Waals surface area contributed by atoms with Gasteiger partial charge in [0.05, 0.1) is 0 Å². The van der Waals surface area contributed by atoms with Crippen molar-refractivity contribution in [1.29, 1.82) is 0 Å². The summed E-state index contributed by atoms with van der Waals surface area (Å²) in [6.45, 7) is 5.60. The summed E-state index contributed by atoms with van der Waals surface area (Å²) < 4.78 is 0. The molecule has 2 heterocycles. The molecule has 25 heavy (non-hydrogen) atoms. The van der Waals surface area contributed by atoms with E-state index in [0.717, 1.165) is 32.0 Å². The van der Waals surface area contributed by atoms with Crippen LogP contribution in [0.4, 0.5) is 5.82 Å². The average molecular weight is 332 g/mol. The Hall–Kier alpha value is -2.72. The van der Waals surface area contributed by atoms with E-state index in [1.807, 2.05) is 36.8 Å². The molecule has 0 aliphatic heterocycles. The molecular weight excluding hydrogens is 308 g/mol. The van der Waals surface area contributed by atoms with Gasteiger partial charge in [-0.05, 0) is 41.8 Å². The molecule has 1 N–H and O–H groups in total. The van der Waals surface area contributed by atoms with Crippen LogP contribution in [0.5, 0.6) is 0 Å². The summed E-state index contributed by atoms with van der Waals surface area (Å²) in [5.41, 5.74) is 3.81. The number of nitrogens with zero attached hydrogens (tertiary/aromatic N) is 3. The SMILES string of the molecule is Cc1cnccc1CNCCN(Cc1ccccc1)c1ccccn1. The Labute approximate surface area is 149 Å². The predicted molar refractivity (Wildman–Crippen MR) is 102 cm³/mol. The molecule has 4 nitrogen and oxygen atoms in total. The number of benzene rings is 1. The van der Waals surface area contributed by atoms with Gasteiger partial charge < -0.3 is 10.2 Å². The largest absolute Gasteiger partial charge is 0.351 e. The van der Waals surface area contributed by atoms with E-state index in [0.29, 0.717) is 0 Å². The first kappa shape index (κ1) is 17.1. The molecule has 3 rings (SSSR count). The third-order valence-corrected chi connectivity index (χ3v) is 4.20. The van der Waals surface area contributed by atoms with Gasteiger partial charge in [-0.15, -0.1) is 0 Å². The van der Waals surface area contributed by atoms with E-state index in [-0.39, 0.29) is 0 Å². The number of nitrogens with one attached hydrogen (secondary N) is 1. The molecule has 4 heteroatoms. The van der Waals surface area contributed by atoms with Crippen LogP contribution < -0.4 is 10.2 Å². The maximum Gasteiger partial charge on any atom is 0.128 e. The summed E-state index contributed by atoms with van der Waals surface area (Å²) in [6.07, 6.45) is 5.60. The van der Waals surface area contributed by atoms with E-state index in [2.05, 4.69) is 63.5 Å². The summed E-state index contributed by atoms with van der Waals surface area (Å²) in [5.74, 6) is 1.01. The van der Waals surface area contributed by atoms with Crippen molar-refractivity contribution in [2.24, 2.45) is 0 Å². The number of aryl methyl sites for hydroxylation is 1. The van der Waals surface area contributed by atoms with Gasteiger partial charge in [0, 0.05) is 44.8 Å². The van der Waals surface area contributed by atoms with Crippen LogP contribution in [0, 0.1) is 6.92 Å². The molecule has 0 amide bonds. The summed E-state index contributed by atoms with van der Waals surface area (Å²) in [5, 5.41) is 3.53. The normalized spacial score (nSPS) is 10.6. The van der Waals surface area contributed by atoms with Crippen LogP contribution in [0.2, 0.25) is 0 Å². The van der Waals surface area contributed by atoms with Crippen molar-refractivity contribution in [2.45, 2.75) is 20.0 Å². The molecule has 1 aromatic carbocycles. The van der Waals surface area contributed by atoms with Crippen molar-refractivity contribution < 1.29 is 0 Å². The van der Waals surface area contributed by atoms with Gasteiger partial charge in [0.25, 0.3) is 0 Å². The Kier molecular flexibility index (Phi) is 6.12. The van der Waals surface area contributed by atoms with Gasteiger partial charge in [-0.3, -0.25) is 4.98 Å². The van der Waals surface area contributed by atoms with Crippen LogP contribution in [0.3, 0.4) is 0 Å². The lowest BCUT2D eigenvalue weighted by Gasteiger charge is -2.24. The number of rotatable bonds is 8. The van der Waals surface area contributed by atoms with Gasteiger partial charge in [0.15, 0.2) is 0 Å². The zero-order valence-electron chi connectivity index (χ0n) is 14.6. The Morgan fingerprint density at radius 3 is 2.56 bits per heavy atom. The van der Waals surface area contributed by atoms with Crippen LogP contribution in [0.15, 0.2) is 73.2 Å². The zero-order chi connectivity index (χ0) is 17.3. The molecule has 0 aliphatic carbocycles. The minimum absolute atomic E-state index is 0.855. The standard InChI is InChI=1S/C21H24N4/c1-18-15-22-12-10-20(18)16-23-13-14-25(21-9-5-6-11-24-21)17-19-7-3-2-4-8-19/h2-12,15,23H,13-14,16-17H2,1H3. The number of anilines is 1. The number of aromatic nitrogens is 2. The first-order chi connectivity index (χ1) is 12.3. The summed E-state index contributed by atoms with van der Waals surface area (Å²) >= 11 is 0. The van der Waals surface area contributed by atoms with E-state index in [1.54, 1.807) is 0 Å². The number of hydrogen-bond donors (Lipinski definition) is 1. The molecular formula is C21H24N4. The maximum absolute atomic E-state index is 4.52. The van der Waals surface area contributed by atoms with Crippen molar-refractivity contribution in [1.82, 2.24) is 15.3 Å². The first-order valence-corrected chi connectivity index (χ1v) is 8.63. The minimum Gasteiger partial charge on any atom is -0.351 e. The monoisotopic (exact) mass is 332 g/mol. The molecule has 0 atom stereocenters. The second kappa shape index (κ2) is 8.94. The smallest absolute Gasteiger partial charge is 0.128 e. The Morgan fingerprint density at radius 2 is 1.80 bits per heavy atom. The third kappa shape index (κ3) is 5.13. The van der Waals surface area contributed by atoms with E-state index < -0.39 is 0 Å². The molecule has 0 fully saturated rings. The van der Waals surface area contributed by atoms with E-state index in [4.69, 9.17) is 0 Å². The molecule has 3 aromatic rings. The molecule has 0 radical (unpaired) electrons. The van der Waals surface area contributed by atoms with Crippen LogP contribution in [-0.2, 0) is 13.1 Å². The highest BCUT2D eigenvalue weighted by Gasteiger charge is 2.08. The molecule has 128 valence electrons.